The van der Waals surface area contributed by atoms with Crippen LogP contribution in [0.15, 0.2) is 30.6 Å². The molecule has 4 aromatic heterocycles. The number of nitrogens with one attached hydrogen (secondary N) is 1. The van der Waals surface area contributed by atoms with Gasteiger partial charge in [0.1, 0.15) is 11.5 Å². The number of hydrogen-bond donors (Lipinski definition) is 2. The third kappa shape index (κ3) is 1.88. The Morgan fingerprint density at radius 2 is 2.05 bits per heavy atom. The van der Waals surface area contributed by atoms with E-state index in [2.05, 4.69) is 14.4 Å². The number of fused-ring (bicyclic) bond motifs is 3. The second kappa shape index (κ2) is 4.41. The highest BCUT2D eigenvalue weighted by Gasteiger charge is 2.21. The Bertz CT molecular complexity index is 987. The second-order valence-electron chi connectivity index (χ2n) is 5.92. The molecular formula is C16H16N4OS. The van der Waals surface area contributed by atoms with Crippen molar-refractivity contribution in [3.8, 4) is 10.6 Å². The van der Waals surface area contributed by atoms with Crippen LogP contribution in [0.1, 0.15) is 24.5 Å². The number of aromatic nitrogens is 4. The van der Waals surface area contributed by atoms with E-state index in [1.807, 2.05) is 37.5 Å². The molecule has 0 spiro atoms. The number of nitrogens with zero attached hydrogens (tertiary/aromatic N) is 3. The van der Waals surface area contributed by atoms with Crippen LogP contribution in [0.2, 0.25) is 0 Å². The lowest BCUT2D eigenvalue weighted by molar-refractivity contribution is 0.0825. The first-order chi connectivity index (χ1) is 10.4. The van der Waals surface area contributed by atoms with Crippen LogP contribution in [0.5, 0.6) is 0 Å². The number of rotatable bonds is 2. The van der Waals surface area contributed by atoms with Gasteiger partial charge in [-0.05, 0) is 39.0 Å². The van der Waals surface area contributed by atoms with Crippen LogP contribution in [0, 0.1) is 6.92 Å². The van der Waals surface area contributed by atoms with Crippen molar-refractivity contribution < 1.29 is 5.11 Å². The van der Waals surface area contributed by atoms with Gasteiger partial charge in [0.05, 0.1) is 27.7 Å². The minimum Gasteiger partial charge on any atom is -0.385 e. The fourth-order valence-electron chi connectivity index (χ4n) is 2.71. The quantitative estimate of drug-likeness (QED) is 0.595. The first-order valence-electron chi connectivity index (χ1n) is 7.09. The third-order valence-corrected chi connectivity index (χ3v) is 5.19. The third-order valence-electron chi connectivity index (χ3n) is 3.78. The lowest BCUT2D eigenvalue weighted by atomic mass is 10.1. The Balaban J connectivity index is 1.98. The van der Waals surface area contributed by atoms with E-state index in [1.54, 1.807) is 25.2 Å². The smallest absolute Gasteiger partial charge is 0.154 e. The molecule has 2 N–H and O–H groups in total. The molecule has 0 saturated carbocycles. The van der Waals surface area contributed by atoms with Crippen molar-refractivity contribution in [2.75, 3.05) is 0 Å². The molecule has 0 bridgehead atoms. The molecule has 0 aromatic carbocycles. The summed E-state index contributed by atoms with van der Waals surface area (Å²) in [5.41, 5.74) is 2.93. The average Bonchev–Trinajstić information content (AvgIpc) is 3.13. The number of hydrogen-bond acceptors (Lipinski definition) is 4. The zero-order valence-corrected chi connectivity index (χ0v) is 13.4. The lowest BCUT2D eigenvalue weighted by Gasteiger charge is -2.13. The standard InChI is InChI=1S/C16H16N4OS/c1-9-19-14(12-4-5-13(22-12)16(2,3)21)11-8-18-15-10(20(9)11)6-7-17-15/h4-8,17,21H,1-3H3. The number of thiophene rings is 1. The van der Waals surface area contributed by atoms with Gasteiger partial charge < -0.3 is 10.1 Å². The summed E-state index contributed by atoms with van der Waals surface area (Å²) in [6.07, 6.45) is 3.73. The summed E-state index contributed by atoms with van der Waals surface area (Å²) in [6, 6.07) is 5.98. The minimum absolute atomic E-state index is 0.834. The number of H-pyrrole nitrogens is 1. The fraction of sp³-hybridized carbons (Fsp3) is 0.250. The van der Waals surface area contributed by atoms with Gasteiger partial charge in [-0.2, -0.15) is 0 Å². The largest absolute Gasteiger partial charge is 0.385 e. The van der Waals surface area contributed by atoms with Gasteiger partial charge >= 0.3 is 0 Å². The average molecular weight is 312 g/mol. The van der Waals surface area contributed by atoms with E-state index in [9.17, 15) is 5.11 Å². The molecular weight excluding hydrogens is 296 g/mol. The minimum atomic E-state index is -0.834. The molecule has 4 aromatic rings. The molecule has 0 unspecified atom stereocenters. The van der Waals surface area contributed by atoms with Crippen molar-refractivity contribution in [2.24, 2.45) is 0 Å². The van der Waals surface area contributed by atoms with Crippen LogP contribution >= 0.6 is 11.3 Å². The topological polar surface area (TPSA) is 66.2 Å². The van der Waals surface area contributed by atoms with Crippen molar-refractivity contribution in [1.29, 1.82) is 0 Å². The van der Waals surface area contributed by atoms with Crippen molar-refractivity contribution in [1.82, 2.24) is 19.4 Å². The second-order valence-corrected chi connectivity index (χ2v) is 7.00. The Kier molecular flexibility index (Phi) is 2.70. The van der Waals surface area contributed by atoms with E-state index in [1.165, 1.54) is 0 Å². The maximum absolute atomic E-state index is 10.1. The van der Waals surface area contributed by atoms with Crippen LogP contribution in [0.3, 0.4) is 0 Å². The van der Waals surface area contributed by atoms with Gasteiger partial charge in [0.15, 0.2) is 5.65 Å². The highest BCUT2D eigenvalue weighted by atomic mass is 32.1. The number of aryl methyl sites for hydroxylation is 1. The summed E-state index contributed by atoms with van der Waals surface area (Å²) in [4.78, 5) is 14.3. The molecule has 22 heavy (non-hydrogen) atoms. The predicted octanol–water partition coefficient (Wildman–Crippen LogP) is 3.47. The Labute approximate surface area is 131 Å². The van der Waals surface area contributed by atoms with Crippen LogP contribution < -0.4 is 0 Å². The van der Waals surface area contributed by atoms with E-state index in [4.69, 9.17) is 4.98 Å². The molecule has 6 heteroatoms. The summed E-state index contributed by atoms with van der Waals surface area (Å²) in [5.74, 6) is 0.926. The van der Waals surface area contributed by atoms with Gasteiger partial charge in [0, 0.05) is 11.1 Å². The molecule has 0 radical (unpaired) electrons. The Morgan fingerprint density at radius 3 is 2.77 bits per heavy atom. The molecule has 0 saturated heterocycles. The summed E-state index contributed by atoms with van der Waals surface area (Å²) in [6.45, 7) is 5.58. The monoisotopic (exact) mass is 312 g/mol. The van der Waals surface area contributed by atoms with Gasteiger partial charge in [-0.15, -0.1) is 11.3 Å². The van der Waals surface area contributed by atoms with E-state index < -0.39 is 5.60 Å². The SMILES string of the molecule is Cc1nc(-c2ccc(C(C)(C)O)s2)c2cnc3[nH]ccc3n12. The van der Waals surface area contributed by atoms with Gasteiger partial charge in [0.25, 0.3) is 0 Å². The van der Waals surface area contributed by atoms with Crippen molar-refractivity contribution in [2.45, 2.75) is 26.4 Å². The Hall–Kier alpha value is -2.18. The molecule has 4 rings (SSSR count). The van der Waals surface area contributed by atoms with Crippen LogP contribution in [-0.2, 0) is 5.60 Å². The van der Waals surface area contributed by atoms with Crippen LogP contribution in [-0.4, -0.2) is 24.5 Å². The van der Waals surface area contributed by atoms with E-state index in [0.717, 1.165) is 38.0 Å². The van der Waals surface area contributed by atoms with E-state index in [-0.39, 0.29) is 0 Å². The normalized spacial score (nSPS) is 12.5. The first-order valence-corrected chi connectivity index (χ1v) is 7.91. The zero-order chi connectivity index (χ0) is 15.5. The van der Waals surface area contributed by atoms with Crippen LogP contribution in [0.4, 0.5) is 0 Å². The summed E-state index contributed by atoms with van der Waals surface area (Å²) >= 11 is 1.57. The molecule has 0 atom stereocenters. The molecule has 5 nitrogen and oxygen atoms in total. The lowest BCUT2D eigenvalue weighted by Crippen LogP contribution is -2.12. The molecule has 112 valence electrons. The molecule has 0 aliphatic heterocycles. The van der Waals surface area contributed by atoms with Gasteiger partial charge in [0.2, 0.25) is 0 Å². The molecule has 0 aliphatic rings. The van der Waals surface area contributed by atoms with E-state index >= 15 is 0 Å². The van der Waals surface area contributed by atoms with Gasteiger partial charge in [-0.25, -0.2) is 9.97 Å². The summed E-state index contributed by atoms with van der Waals surface area (Å²) < 4.78 is 2.11. The molecule has 0 amide bonds. The first kappa shape index (κ1) is 13.5. The number of imidazole rings is 1. The van der Waals surface area contributed by atoms with Gasteiger partial charge in [-0.1, -0.05) is 0 Å². The van der Waals surface area contributed by atoms with Crippen molar-refractivity contribution in [3.63, 3.8) is 0 Å². The summed E-state index contributed by atoms with van der Waals surface area (Å²) in [7, 11) is 0. The molecule has 0 fully saturated rings. The van der Waals surface area contributed by atoms with Gasteiger partial charge in [-0.3, -0.25) is 4.40 Å². The van der Waals surface area contributed by atoms with Crippen molar-refractivity contribution >= 4 is 28.0 Å². The Morgan fingerprint density at radius 1 is 1.23 bits per heavy atom. The zero-order valence-electron chi connectivity index (χ0n) is 12.6. The summed E-state index contributed by atoms with van der Waals surface area (Å²) in [5, 5.41) is 10.1. The highest BCUT2D eigenvalue weighted by Crippen LogP contribution is 2.36. The molecule has 0 aliphatic carbocycles. The molecule has 4 heterocycles. The maximum Gasteiger partial charge on any atom is 0.154 e. The highest BCUT2D eigenvalue weighted by molar-refractivity contribution is 7.15. The van der Waals surface area contributed by atoms with Crippen molar-refractivity contribution in [3.05, 3.63) is 41.3 Å². The number of aliphatic hydroxyl groups is 1. The van der Waals surface area contributed by atoms with E-state index in [0.29, 0.717) is 0 Å². The van der Waals surface area contributed by atoms with Crippen LogP contribution in [0.25, 0.3) is 27.3 Å². The maximum atomic E-state index is 10.1. The number of aromatic amines is 1. The fourth-order valence-corrected chi connectivity index (χ4v) is 3.72. The predicted molar refractivity (Wildman–Crippen MR) is 88.1 cm³/mol.